The van der Waals surface area contributed by atoms with E-state index in [9.17, 15) is 15.0 Å². The van der Waals surface area contributed by atoms with E-state index in [2.05, 4.69) is 0 Å². The first-order chi connectivity index (χ1) is 8.66. The zero-order valence-corrected chi connectivity index (χ0v) is 10.0. The van der Waals surface area contributed by atoms with Gasteiger partial charge in [0.15, 0.2) is 0 Å². The van der Waals surface area contributed by atoms with Gasteiger partial charge in [-0.3, -0.25) is 4.79 Å². The average Bonchev–Trinajstić information content (AvgIpc) is 2.71. The standard InChI is InChI=1S/C13H17NO4/c15-11-6-14(7-12(11)16)13(17)9-18-8-10-4-2-1-3-5-10/h1-5,11-12,15-16H,6-9H2. The number of ether oxygens (including phenoxy) is 1. The second-order valence-corrected chi connectivity index (χ2v) is 4.41. The van der Waals surface area contributed by atoms with Gasteiger partial charge < -0.3 is 19.8 Å². The Balaban J connectivity index is 1.73. The molecule has 2 unspecified atom stereocenters. The highest BCUT2D eigenvalue weighted by Gasteiger charge is 2.32. The van der Waals surface area contributed by atoms with Crippen molar-refractivity contribution in [2.75, 3.05) is 19.7 Å². The quantitative estimate of drug-likeness (QED) is 0.775. The zero-order valence-electron chi connectivity index (χ0n) is 10.0. The van der Waals surface area contributed by atoms with Crippen LogP contribution < -0.4 is 0 Å². The molecule has 1 aliphatic heterocycles. The topological polar surface area (TPSA) is 70.0 Å². The normalized spacial score (nSPS) is 23.3. The van der Waals surface area contributed by atoms with E-state index in [1.54, 1.807) is 0 Å². The van der Waals surface area contributed by atoms with Gasteiger partial charge in [-0.1, -0.05) is 30.3 Å². The fraction of sp³-hybridized carbons (Fsp3) is 0.462. The molecule has 1 aromatic carbocycles. The summed E-state index contributed by atoms with van der Waals surface area (Å²) in [6.07, 6.45) is -1.69. The smallest absolute Gasteiger partial charge is 0.248 e. The molecule has 2 atom stereocenters. The zero-order chi connectivity index (χ0) is 13.0. The molecule has 1 heterocycles. The van der Waals surface area contributed by atoms with E-state index in [0.29, 0.717) is 6.61 Å². The van der Waals surface area contributed by atoms with E-state index in [4.69, 9.17) is 4.74 Å². The summed E-state index contributed by atoms with van der Waals surface area (Å²) in [7, 11) is 0. The molecule has 1 fully saturated rings. The van der Waals surface area contributed by atoms with Crippen LogP contribution in [0.3, 0.4) is 0 Å². The van der Waals surface area contributed by atoms with E-state index < -0.39 is 12.2 Å². The lowest BCUT2D eigenvalue weighted by atomic mass is 10.2. The van der Waals surface area contributed by atoms with Crippen LogP contribution in [-0.2, 0) is 16.1 Å². The van der Waals surface area contributed by atoms with Gasteiger partial charge in [0, 0.05) is 13.1 Å². The highest BCUT2D eigenvalue weighted by atomic mass is 16.5. The second kappa shape index (κ2) is 5.95. The number of hydrogen-bond acceptors (Lipinski definition) is 4. The number of hydrogen-bond donors (Lipinski definition) is 2. The molecule has 0 aromatic heterocycles. The van der Waals surface area contributed by atoms with Crippen molar-refractivity contribution in [1.29, 1.82) is 0 Å². The number of β-amino-alcohol motifs (C(OH)–C–C–N with tert-alkyl or cyclic N) is 2. The van der Waals surface area contributed by atoms with Gasteiger partial charge in [-0.2, -0.15) is 0 Å². The summed E-state index contributed by atoms with van der Waals surface area (Å²) in [4.78, 5) is 13.1. The molecule has 98 valence electrons. The van der Waals surface area contributed by atoms with Crippen molar-refractivity contribution in [2.24, 2.45) is 0 Å². The third-order valence-electron chi connectivity index (χ3n) is 2.95. The van der Waals surface area contributed by atoms with E-state index in [1.807, 2.05) is 30.3 Å². The molecule has 1 amide bonds. The van der Waals surface area contributed by atoms with Crippen molar-refractivity contribution in [3.05, 3.63) is 35.9 Å². The van der Waals surface area contributed by atoms with E-state index in [-0.39, 0.29) is 25.6 Å². The van der Waals surface area contributed by atoms with Crippen LogP contribution in [-0.4, -0.2) is 52.9 Å². The summed E-state index contributed by atoms with van der Waals surface area (Å²) >= 11 is 0. The summed E-state index contributed by atoms with van der Waals surface area (Å²) in [6, 6.07) is 9.59. The van der Waals surface area contributed by atoms with Crippen molar-refractivity contribution in [3.8, 4) is 0 Å². The summed E-state index contributed by atoms with van der Waals surface area (Å²) in [5.41, 5.74) is 1.01. The fourth-order valence-corrected chi connectivity index (χ4v) is 1.89. The summed E-state index contributed by atoms with van der Waals surface area (Å²) < 4.78 is 5.31. The molecule has 0 bridgehead atoms. The SMILES string of the molecule is O=C(COCc1ccccc1)N1CC(O)C(O)C1. The Hall–Kier alpha value is -1.43. The first kappa shape index (κ1) is 13.0. The molecular formula is C13H17NO4. The molecular weight excluding hydrogens is 234 g/mol. The highest BCUT2D eigenvalue weighted by molar-refractivity contribution is 5.77. The lowest BCUT2D eigenvalue weighted by molar-refractivity contribution is -0.136. The predicted octanol–water partition coefficient (Wildman–Crippen LogP) is -0.233. The number of aliphatic hydroxyl groups is 2. The van der Waals surface area contributed by atoms with E-state index >= 15 is 0 Å². The van der Waals surface area contributed by atoms with Crippen LogP contribution >= 0.6 is 0 Å². The lowest BCUT2D eigenvalue weighted by Crippen LogP contribution is -2.33. The van der Waals surface area contributed by atoms with Gasteiger partial charge in [0.2, 0.25) is 5.91 Å². The number of aliphatic hydroxyl groups excluding tert-OH is 2. The highest BCUT2D eigenvalue weighted by Crippen LogP contribution is 2.10. The minimum Gasteiger partial charge on any atom is -0.388 e. The number of nitrogens with zero attached hydrogens (tertiary/aromatic N) is 1. The molecule has 1 aliphatic rings. The summed E-state index contributed by atoms with van der Waals surface area (Å²) in [5.74, 6) is -0.207. The van der Waals surface area contributed by atoms with Crippen LogP contribution in [0.2, 0.25) is 0 Å². The number of benzene rings is 1. The minimum atomic E-state index is -0.844. The van der Waals surface area contributed by atoms with Gasteiger partial charge in [-0.15, -0.1) is 0 Å². The van der Waals surface area contributed by atoms with Crippen LogP contribution in [0, 0.1) is 0 Å². The maximum atomic E-state index is 11.7. The second-order valence-electron chi connectivity index (χ2n) is 4.41. The maximum absolute atomic E-state index is 11.7. The number of likely N-dealkylation sites (tertiary alicyclic amines) is 1. The van der Waals surface area contributed by atoms with Crippen LogP contribution in [0.4, 0.5) is 0 Å². The number of rotatable bonds is 4. The monoisotopic (exact) mass is 251 g/mol. The van der Waals surface area contributed by atoms with Crippen LogP contribution in [0.25, 0.3) is 0 Å². The molecule has 1 saturated heterocycles. The predicted molar refractivity (Wildman–Crippen MR) is 64.7 cm³/mol. The molecule has 1 aromatic rings. The fourth-order valence-electron chi connectivity index (χ4n) is 1.89. The molecule has 18 heavy (non-hydrogen) atoms. The van der Waals surface area contributed by atoms with Crippen molar-refractivity contribution in [1.82, 2.24) is 4.90 Å². The van der Waals surface area contributed by atoms with Crippen LogP contribution in [0.5, 0.6) is 0 Å². The van der Waals surface area contributed by atoms with E-state index in [0.717, 1.165) is 5.56 Å². The van der Waals surface area contributed by atoms with Crippen molar-refractivity contribution < 1.29 is 19.7 Å². The molecule has 5 nitrogen and oxygen atoms in total. The molecule has 2 rings (SSSR count). The molecule has 2 N–H and O–H groups in total. The summed E-state index contributed by atoms with van der Waals surface area (Å²) in [5, 5.41) is 18.7. The Kier molecular flexibility index (Phi) is 4.30. The Morgan fingerprint density at radius 1 is 1.22 bits per heavy atom. The molecule has 0 aliphatic carbocycles. The Morgan fingerprint density at radius 3 is 2.44 bits per heavy atom. The van der Waals surface area contributed by atoms with Gasteiger partial charge in [-0.05, 0) is 5.56 Å². The number of carbonyl (C=O) groups excluding carboxylic acids is 1. The van der Waals surface area contributed by atoms with Gasteiger partial charge in [0.25, 0.3) is 0 Å². The molecule has 0 radical (unpaired) electrons. The van der Waals surface area contributed by atoms with Crippen molar-refractivity contribution in [2.45, 2.75) is 18.8 Å². The van der Waals surface area contributed by atoms with Gasteiger partial charge >= 0.3 is 0 Å². The van der Waals surface area contributed by atoms with Crippen molar-refractivity contribution in [3.63, 3.8) is 0 Å². The summed E-state index contributed by atoms with van der Waals surface area (Å²) in [6.45, 7) is 0.698. The van der Waals surface area contributed by atoms with Gasteiger partial charge in [0.05, 0.1) is 18.8 Å². The number of amides is 1. The average molecular weight is 251 g/mol. The minimum absolute atomic E-state index is 0.0334. The maximum Gasteiger partial charge on any atom is 0.248 e. The largest absolute Gasteiger partial charge is 0.388 e. The first-order valence-corrected chi connectivity index (χ1v) is 5.92. The van der Waals surface area contributed by atoms with Gasteiger partial charge in [-0.25, -0.2) is 0 Å². The lowest BCUT2D eigenvalue weighted by Gasteiger charge is -2.15. The molecule has 5 heteroatoms. The Morgan fingerprint density at radius 2 is 1.83 bits per heavy atom. The Labute approximate surface area is 106 Å². The third-order valence-corrected chi connectivity index (χ3v) is 2.95. The van der Waals surface area contributed by atoms with Crippen LogP contribution in [0.1, 0.15) is 5.56 Å². The molecule has 0 spiro atoms. The third kappa shape index (κ3) is 3.29. The number of carbonyl (C=O) groups is 1. The van der Waals surface area contributed by atoms with Crippen molar-refractivity contribution >= 4 is 5.91 Å². The first-order valence-electron chi connectivity index (χ1n) is 5.92. The van der Waals surface area contributed by atoms with Gasteiger partial charge in [0.1, 0.15) is 6.61 Å². The molecule has 0 saturated carbocycles. The Bertz CT molecular complexity index is 385. The van der Waals surface area contributed by atoms with Crippen LogP contribution in [0.15, 0.2) is 30.3 Å². The van der Waals surface area contributed by atoms with E-state index in [1.165, 1.54) is 4.90 Å².